The minimum atomic E-state index is 0.410. The third-order valence-electron chi connectivity index (χ3n) is 3.76. The molecule has 1 aromatic rings. The molecule has 0 radical (unpaired) electrons. The van der Waals surface area contributed by atoms with Crippen molar-refractivity contribution in [3.63, 3.8) is 0 Å². The van der Waals surface area contributed by atoms with Crippen molar-refractivity contribution in [1.29, 1.82) is 0 Å². The summed E-state index contributed by atoms with van der Waals surface area (Å²) < 4.78 is 2.15. The first-order chi connectivity index (χ1) is 7.69. The van der Waals surface area contributed by atoms with Crippen LogP contribution in [0.3, 0.4) is 0 Å². The van der Waals surface area contributed by atoms with Gasteiger partial charge in [-0.3, -0.25) is 4.57 Å². The van der Waals surface area contributed by atoms with E-state index < -0.39 is 0 Å². The Morgan fingerprint density at radius 3 is 2.44 bits per heavy atom. The maximum absolute atomic E-state index is 6.16. The lowest BCUT2D eigenvalue weighted by Crippen LogP contribution is -2.18. The highest BCUT2D eigenvalue weighted by Gasteiger charge is 2.32. The molecule has 0 saturated heterocycles. The predicted molar refractivity (Wildman–Crippen MR) is 65.8 cm³/mol. The van der Waals surface area contributed by atoms with Gasteiger partial charge in [0, 0.05) is 12.0 Å². The van der Waals surface area contributed by atoms with E-state index in [1.54, 1.807) is 0 Å². The Labute approximate surface area is 102 Å². The predicted octanol–water partition coefficient (Wildman–Crippen LogP) is 3.81. The fraction of sp³-hybridized carbons (Fsp3) is 0.833. The van der Waals surface area contributed by atoms with E-state index in [0.29, 0.717) is 23.2 Å². The van der Waals surface area contributed by atoms with Crippen LogP contribution in [0, 0.1) is 5.92 Å². The molecule has 16 heavy (non-hydrogen) atoms. The summed E-state index contributed by atoms with van der Waals surface area (Å²) in [6.07, 6.45) is 4.84. The maximum atomic E-state index is 6.16. The number of aromatic nitrogens is 3. The van der Waals surface area contributed by atoms with Crippen molar-refractivity contribution in [3.8, 4) is 0 Å². The minimum Gasteiger partial charge on any atom is -0.298 e. The van der Waals surface area contributed by atoms with Crippen LogP contribution >= 0.6 is 11.6 Å². The third-order valence-corrected chi connectivity index (χ3v) is 4.02. The summed E-state index contributed by atoms with van der Waals surface area (Å²) in [7, 11) is 0. The number of hydrogen-bond donors (Lipinski definition) is 0. The highest BCUT2D eigenvalue weighted by atomic mass is 35.5. The van der Waals surface area contributed by atoms with Gasteiger partial charge in [-0.2, -0.15) is 0 Å². The van der Waals surface area contributed by atoms with Crippen molar-refractivity contribution < 1.29 is 0 Å². The van der Waals surface area contributed by atoms with E-state index in [4.69, 9.17) is 11.6 Å². The van der Waals surface area contributed by atoms with Gasteiger partial charge in [0.2, 0.25) is 5.28 Å². The molecule has 0 spiro atoms. The molecule has 0 bridgehead atoms. The lowest BCUT2D eigenvalue weighted by Gasteiger charge is -2.24. The molecule has 1 unspecified atom stereocenters. The fourth-order valence-electron chi connectivity index (χ4n) is 2.46. The molecular weight excluding hydrogens is 222 g/mol. The summed E-state index contributed by atoms with van der Waals surface area (Å²) in [5.74, 6) is 2.37. The van der Waals surface area contributed by atoms with Gasteiger partial charge in [0.05, 0.1) is 0 Å². The van der Waals surface area contributed by atoms with E-state index in [0.717, 1.165) is 5.82 Å². The molecule has 3 nitrogen and oxygen atoms in total. The van der Waals surface area contributed by atoms with E-state index in [2.05, 4.69) is 35.5 Å². The zero-order valence-corrected chi connectivity index (χ0v) is 11.0. The van der Waals surface area contributed by atoms with Gasteiger partial charge in [0.25, 0.3) is 0 Å². The second-order valence-corrected chi connectivity index (χ2v) is 5.13. The summed E-state index contributed by atoms with van der Waals surface area (Å²) in [5.41, 5.74) is 0. The highest BCUT2D eigenvalue weighted by Crippen LogP contribution is 2.41. The smallest absolute Gasteiger partial charge is 0.225 e. The van der Waals surface area contributed by atoms with Crippen LogP contribution in [0.25, 0.3) is 0 Å². The molecule has 0 aromatic carbocycles. The number of nitrogens with zero attached hydrogens (tertiary/aromatic N) is 3. The third kappa shape index (κ3) is 2.10. The number of hydrogen-bond acceptors (Lipinski definition) is 2. The molecule has 1 fully saturated rings. The monoisotopic (exact) mass is 241 g/mol. The van der Waals surface area contributed by atoms with Gasteiger partial charge >= 0.3 is 0 Å². The van der Waals surface area contributed by atoms with Crippen molar-refractivity contribution >= 4 is 11.6 Å². The van der Waals surface area contributed by atoms with Crippen molar-refractivity contribution in [2.75, 3.05) is 0 Å². The average Bonchev–Trinajstić information content (AvgIpc) is 3.04. The lowest BCUT2D eigenvalue weighted by atomic mass is 9.95. The van der Waals surface area contributed by atoms with Gasteiger partial charge in [-0.1, -0.05) is 26.7 Å². The lowest BCUT2D eigenvalue weighted by molar-refractivity contribution is 0.326. The first-order valence-electron chi connectivity index (χ1n) is 6.29. The van der Waals surface area contributed by atoms with Crippen LogP contribution in [0.4, 0.5) is 0 Å². The zero-order chi connectivity index (χ0) is 11.7. The van der Waals surface area contributed by atoms with E-state index in [9.17, 15) is 0 Å². The van der Waals surface area contributed by atoms with Crippen LogP contribution in [0.5, 0.6) is 0 Å². The Balaban J connectivity index is 2.26. The molecule has 1 aromatic heterocycles. The van der Waals surface area contributed by atoms with E-state index >= 15 is 0 Å². The van der Waals surface area contributed by atoms with E-state index in [-0.39, 0.29) is 0 Å². The molecule has 2 rings (SSSR count). The van der Waals surface area contributed by atoms with Gasteiger partial charge in [-0.25, -0.2) is 0 Å². The molecular formula is C12H20ClN3. The molecule has 1 saturated carbocycles. The van der Waals surface area contributed by atoms with Crippen molar-refractivity contribution in [2.24, 2.45) is 5.92 Å². The molecule has 0 N–H and O–H groups in total. The summed E-state index contributed by atoms with van der Waals surface area (Å²) in [4.78, 5) is 0. The van der Waals surface area contributed by atoms with Gasteiger partial charge in [-0.15, -0.1) is 10.2 Å². The van der Waals surface area contributed by atoms with Gasteiger partial charge in [0.15, 0.2) is 0 Å². The topological polar surface area (TPSA) is 30.7 Å². The molecule has 0 aliphatic heterocycles. The second-order valence-electron chi connectivity index (χ2n) is 4.79. The SMILES string of the molecule is CCC(CC)C(C)n1c(Cl)nnc1C1CC1. The quantitative estimate of drug-likeness (QED) is 0.785. The first kappa shape index (κ1) is 11.9. The zero-order valence-electron chi connectivity index (χ0n) is 10.3. The maximum Gasteiger partial charge on any atom is 0.225 e. The molecule has 1 heterocycles. The van der Waals surface area contributed by atoms with Crippen molar-refractivity contribution in [1.82, 2.24) is 14.8 Å². The Hall–Kier alpha value is -0.570. The Kier molecular flexibility index (Phi) is 3.53. The molecule has 1 atom stereocenters. The average molecular weight is 242 g/mol. The first-order valence-corrected chi connectivity index (χ1v) is 6.67. The second kappa shape index (κ2) is 4.74. The fourth-order valence-corrected chi connectivity index (χ4v) is 2.74. The summed E-state index contributed by atoms with van der Waals surface area (Å²) >= 11 is 6.16. The van der Waals surface area contributed by atoms with Crippen LogP contribution in [0.1, 0.15) is 64.2 Å². The Bertz CT molecular complexity index is 353. The summed E-state index contributed by atoms with van der Waals surface area (Å²) in [5, 5.41) is 8.82. The van der Waals surface area contributed by atoms with Crippen LogP contribution < -0.4 is 0 Å². The van der Waals surface area contributed by atoms with Gasteiger partial charge < -0.3 is 0 Å². The van der Waals surface area contributed by atoms with Crippen LogP contribution in [0.2, 0.25) is 5.28 Å². The van der Waals surface area contributed by atoms with Crippen LogP contribution in [-0.4, -0.2) is 14.8 Å². The van der Waals surface area contributed by atoms with Crippen molar-refractivity contribution in [3.05, 3.63) is 11.1 Å². The largest absolute Gasteiger partial charge is 0.298 e. The molecule has 1 aliphatic carbocycles. The van der Waals surface area contributed by atoms with E-state index in [1.807, 2.05) is 0 Å². The minimum absolute atomic E-state index is 0.410. The number of halogens is 1. The van der Waals surface area contributed by atoms with Crippen LogP contribution in [0.15, 0.2) is 0 Å². The van der Waals surface area contributed by atoms with Crippen molar-refractivity contribution in [2.45, 2.75) is 58.4 Å². The van der Waals surface area contributed by atoms with Crippen LogP contribution in [-0.2, 0) is 0 Å². The van der Waals surface area contributed by atoms with Gasteiger partial charge in [-0.05, 0) is 37.3 Å². The normalized spacial score (nSPS) is 18.1. The standard InChI is InChI=1S/C12H20ClN3/c1-4-9(5-2)8(3)16-11(10-6-7-10)14-15-12(16)13/h8-10H,4-7H2,1-3H3. The van der Waals surface area contributed by atoms with E-state index in [1.165, 1.54) is 25.7 Å². The summed E-state index contributed by atoms with van der Waals surface area (Å²) in [6.45, 7) is 6.71. The molecule has 0 amide bonds. The Morgan fingerprint density at radius 1 is 1.31 bits per heavy atom. The Morgan fingerprint density at radius 2 is 1.94 bits per heavy atom. The summed E-state index contributed by atoms with van der Waals surface area (Å²) in [6, 6.07) is 0.410. The van der Waals surface area contributed by atoms with Gasteiger partial charge in [0.1, 0.15) is 5.82 Å². The number of rotatable bonds is 5. The molecule has 90 valence electrons. The molecule has 4 heteroatoms. The molecule has 1 aliphatic rings. The highest BCUT2D eigenvalue weighted by molar-refractivity contribution is 6.28.